The van der Waals surface area contributed by atoms with Crippen molar-refractivity contribution in [2.24, 2.45) is 0 Å². The molecule has 118 heavy (non-hydrogen) atoms. The number of halogens is 5. The average molecular weight is 1780 g/mol. The molecule has 3 heterocycles. The van der Waals surface area contributed by atoms with Crippen molar-refractivity contribution in [3.63, 3.8) is 0 Å². The highest BCUT2D eigenvalue weighted by atomic mass is 127. The van der Waals surface area contributed by atoms with E-state index in [9.17, 15) is 0 Å². The van der Waals surface area contributed by atoms with Crippen LogP contribution in [0.3, 0.4) is 0 Å². The lowest BCUT2D eigenvalue weighted by molar-refractivity contribution is 0.659. The van der Waals surface area contributed by atoms with Crippen LogP contribution in [0, 0.1) is 0 Å². The third-order valence-corrected chi connectivity index (χ3v) is 22.8. The molecule has 590 valence electrons. The van der Waals surface area contributed by atoms with Gasteiger partial charge in [0.25, 0.3) is 0 Å². The molecule has 0 radical (unpaired) electrons. The van der Waals surface area contributed by atoms with Crippen LogP contribution in [0.4, 0.5) is 34.1 Å². The van der Waals surface area contributed by atoms with Crippen molar-refractivity contribution < 1.29 is 13.3 Å². The Balaban J connectivity index is 0.000000140. The maximum absolute atomic E-state index is 6.73. The highest BCUT2D eigenvalue weighted by molar-refractivity contribution is 14.0. The molecule has 0 atom stereocenters. The van der Waals surface area contributed by atoms with Crippen LogP contribution in [0.5, 0.6) is 0 Å². The Labute approximate surface area is 734 Å². The predicted octanol–water partition coefficient (Wildman–Crippen LogP) is 34.8. The van der Waals surface area contributed by atoms with E-state index >= 15 is 0 Å². The maximum Gasteiger partial charge on any atom is 0.159 e. The first-order valence-electron chi connectivity index (χ1n) is 38.0. The van der Waals surface area contributed by atoms with Gasteiger partial charge in [0.2, 0.25) is 0 Å². The fourth-order valence-corrected chi connectivity index (χ4v) is 17.5. The summed E-state index contributed by atoms with van der Waals surface area (Å²) >= 11 is 22.7. The molecule has 19 aromatic rings. The first-order chi connectivity index (χ1) is 55.2. The zero-order valence-corrected chi connectivity index (χ0v) is 69.4. The van der Waals surface area contributed by atoms with E-state index in [0.717, 1.165) is 117 Å². The van der Waals surface area contributed by atoms with Crippen LogP contribution in [0.15, 0.2) is 394 Å². The van der Waals surface area contributed by atoms with Gasteiger partial charge >= 0.3 is 0 Å². The number of nitrogens with zero attached hydrogens (tertiary/aromatic N) is 2. The SMILES string of the molecule is C.C.C.C.CC1(C)c2ccccc2-c2ccc(Cc3ccccc3)cc21.CC1(C)c2ccccc2-c2ccc(N(c3ccccc3)c3cc(Cl)cc4c3oc3ccccc34)cc21.Clc1cc(Br)c2oc3ccccc3c2c1.Clc1cc(N(c2ccccc2)c2ccccc2)c2oc3ccccc3c2c1.I.c1ccc(Cc2ccccc2)cc1. The van der Waals surface area contributed by atoms with Gasteiger partial charge in [0.1, 0.15) is 22.3 Å². The van der Waals surface area contributed by atoms with Crippen LogP contribution < -0.4 is 9.80 Å². The molecule has 0 aliphatic heterocycles. The fourth-order valence-electron chi connectivity index (χ4n) is 16.2. The van der Waals surface area contributed by atoms with Crippen molar-refractivity contribution in [3.8, 4) is 22.3 Å². The summed E-state index contributed by atoms with van der Waals surface area (Å²) in [6, 6.07) is 130. The molecular formula is C108H95BrCl3IN2O3. The molecule has 2 aliphatic rings. The topological polar surface area (TPSA) is 45.9 Å². The third-order valence-electron chi connectivity index (χ3n) is 21.6. The van der Waals surface area contributed by atoms with E-state index in [2.05, 4.69) is 290 Å². The lowest BCUT2D eigenvalue weighted by atomic mass is 9.81. The Morgan fingerprint density at radius 2 is 0.559 bits per heavy atom. The van der Waals surface area contributed by atoms with E-state index in [1.54, 1.807) is 0 Å². The number of hydrogen-bond donors (Lipinski definition) is 0. The van der Waals surface area contributed by atoms with Crippen molar-refractivity contribution in [3.05, 3.63) is 440 Å². The van der Waals surface area contributed by atoms with E-state index < -0.39 is 0 Å². The fraction of sp³-hybridized carbons (Fsp3) is 0.111. The largest absolute Gasteiger partial charge is 0.455 e. The standard InChI is InChI=1S/C33H24ClNO.C24H16ClNO.C22H20.C13H12.C12H6BrClO.4CH4.HI/c1-33(2)28-14-8-6-12-24(28)25-17-16-23(20-29(25)33)35(22-10-4-3-5-11-22)30-19-21(34)18-27-26-13-7-9-15-31(26)36-32(27)30;25-17-15-21-20-13-7-8-14-23(20)27-24(21)22(16-17)26(18-9-3-1-4-10-18)19-11-5-2-6-12-19;1-22(2)20-11-7-6-10-18(20)19-13-12-17(15-21(19)22)14-16-8-4-3-5-9-16;1-3-7-12(8-4-1)11-13-9-5-2-6-10-13;13-10-6-7(14)5-9-8-3-1-2-4-11(8)15-12(9)10;;;;;/h3-20H,1-2H3;1-16H;3-13,15H,14H2,1-2H3;1-10H,11H2;1-6H;4*1H4;1H. The Kier molecular flexibility index (Phi) is 27.3. The van der Waals surface area contributed by atoms with Gasteiger partial charge in [0.15, 0.2) is 11.2 Å². The summed E-state index contributed by atoms with van der Waals surface area (Å²) in [7, 11) is 0. The average Bonchev–Trinajstić information content (AvgIpc) is 1.58. The number of benzene rings is 16. The molecule has 3 aromatic heterocycles. The van der Waals surface area contributed by atoms with Crippen molar-refractivity contribution >= 4 is 175 Å². The number of hydrogen-bond acceptors (Lipinski definition) is 5. The Morgan fingerprint density at radius 1 is 0.263 bits per heavy atom. The molecule has 0 amide bonds. The van der Waals surface area contributed by atoms with E-state index in [0.29, 0.717) is 15.1 Å². The summed E-state index contributed by atoms with van der Waals surface area (Å²) in [5.74, 6) is 0. The molecule has 0 unspecified atom stereocenters. The van der Waals surface area contributed by atoms with Gasteiger partial charge in [-0.3, -0.25) is 0 Å². The molecule has 0 N–H and O–H groups in total. The van der Waals surface area contributed by atoms with Crippen LogP contribution in [0.25, 0.3) is 88.1 Å². The Morgan fingerprint density at radius 3 is 0.966 bits per heavy atom. The molecule has 0 fully saturated rings. The van der Waals surface area contributed by atoms with Gasteiger partial charge in [-0.2, -0.15) is 0 Å². The first kappa shape index (κ1) is 86.0. The van der Waals surface area contributed by atoms with Crippen molar-refractivity contribution in [2.75, 3.05) is 9.80 Å². The van der Waals surface area contributed by atoms with Crippen LogP contribution in [0.1, 0.15) is 102 Å². The lowest BCUT2D eigenvalue weighted by Gasteiger charge is -2.28. The summed E-state index contributed by atoms with van der Waals surface area (Å²) in [6.45, 7) is 9.30. The van der Waals surface area contributed by atoms with Crippen LogP contribution in [0.2, 0.25) is 15.1 Å². The predicted molar refractivity (Wildman–Crippen MR) is 522 cm³/mol. The highest BCUT2D eigenvalue weighted by Gasteiger charge is 2.37. The van der Waals surface area contributed by atoms with Gasteiger partial charge in [-0.1, -0.05) is 365 Å². The summed E-state index contributed by atoms with van der Waals surface area (Å²) in [5.41, 5.74) is 27.7. The van der Waals surface area contributed by atoms with Crippen molar-refractivity contribution in [1.82, 2.24) is 0 Å². The second kappa shape index (κ2) is 37.5. The smallest absolute Gasteiger partial charge is 0.159 e. The quantitative estimate of drug-likeness (QED) is 0.128. The lowest BCUT2D eigenvalue weighted by Crippen LogP contribution is -2.16. The summed E-state index contributed by atoms with van der Waals surface area (Å²) in [4.78, 5) is 4.44. The van der Waals surface area contributed by atoms with Crippen LogP contribution >= 0.6 is 74.7 Å². The molecule has 0 spiro atoms. The number of para-hydroxylation sites is 6. The van der Waals surface area contributed by atoms with Gasteiger partial charge in [-0.05, 0) is 199 Å². The maximum atomic E-state index is 6.73. The molecule has 21 rings (SSSR count). The van der Waals surface area contributed by atoms with E-state index in [-0.39, 0.29) is 64.5 Å². The van der Waals surface area contributed by atoms with Crippen LogP contribution in [-0.2, 0) is 23.7 Å². The third kappa shape index (κ3) is 17.5. The molecule has 0 saturated heterocycles. The monoisotopic (exact) mass is 1780 g/mol. The zero-order chi connectivity index (χ0) is 77.2. The summed E-state index contributed by atoms with van der Waals surface area (Å²) in [6.07, 6.45) is 2.03. The van der Waals surface area contributed by atoms with Gasteiger partial charge in [0.05, 0.1) is 15.8 Å². The zero-order valence-electron chi connectivity index (χ0n) is 63.2. The Hall–Kier alpha value is -11.4. The Bertz CT molecular complexity index is 6550. The van der Waals surface area contributed by atoms with Crippen molar-refractivity contribution in [1.29, 1.82) is 0 Å². The second-order valence-corrected chi connectivity index (χ2v) is 31.8. The van der Waals surface area contributed by atoms with E-state index in [1.807, 2.05) is 140 Å². The molecule has 10 heteroatoms. The van der Waals surface area contributed by atoms with E-state index in [1.165, 1.54) is 66.8 Å². The van der Waals surface area contributed by atoms with E-state index in [4.69, 9.17) is 48.1 Å². The van der Waals surface area contributed by atoms with Gasteiger partial charge in [0, 0.05) is 81.0 Å². The molecular weight excluding hydrogens is 1690 g/mol. The number of fused-ring (bicyclic) bond motifs is 15. The van der Waals surface area contributed by atoms with Gasteiger partial charge < -0.3 is 23.1 Å². The van der Waals surface area contributed by atoms with Gasteiger partial charge in [-0.15, -0.1) is 24.0 Å². The highest BCUT2D eigenvalue weighted by Crippen LogP contribution is 2.53. The van der Waals surface area contributed by atoms with Crippen molar-refractivity contribution in [2.45, 2.75) is 81.1 Å². The molecule has 2 aliphatic carbocycles. The van der Waals surface area contributed by atoms with Gasteiger partial charge in [-0.25, -0.2) is 0 Å². The summed E-state index contributed by atoms with van der Waals surface area (Å²) < 4.78 is 19.3. The normalized spacial score (nSPS) is 11.9. The summed E-state index contributed by atoms with van der Waals surface area (Å²) in [5, 5.41) is 8.38. The minimum absolute atomic E-state index is 0. The number of anilines is 6. The molecule has 5 nitrogen and oxygen atoms in total. The molecule has 16 aromatic carbocycles. The first-order valence-corrected chi connectivity index (χ1v) is 40.0. The number of rotatable bonds is 10. The molecule has 0 saturated carbocycles. The minimum atomic E-state index is -0.0900. The second-order valence-electron chi connectivity index (χ2n) is 29.6. The number of furan rings is 3. The molecule has 0 bridgehead atoms. The minimum Gasteiger partial charge on any atom is -0.455 e. The van der Waals surface area contributed by atoms with Crippen LogP contribution in [-0.4, -0.2) is 0 Å².